The predicted octanol–water partition coefficient (Wildman–Crippen LogP) is -1.75. The summed E-state index contributed by atoms with van der Waals surface area (Å²) >= 11 is 3.94. The average Bonchev–Trinajstić information content (AvgIpc) is 3.27. The van der Waals surface area contributed by atoms with Crippen molar-refractivity contribution in [1.29, 1.82) is 0 Å². The fourth-order valence-electron chi connectivity index (χ4n) is 3.57. The summed E-state index contributed by atoms with van der Waals surface area (Å²) in [6.45, 7) is 0. The highest BCUT2D eigenvalue weighted by Crippen LogP contribution is 2.19. The van der Waals surface area contributed by atoms with Crippen molar-refractivity contribution in [3.8, 4) is 0 Å². The second-order valence-electron chi connectivity index (χ2n) is 8.48. The van der Waals surface area contributed by atoms with Crippen LogP contribution < -0.4 is 27.4 Å². The third kappa shape index (κ3) is 8.77. The number of hydrogen-bond donors (Lipinski definition) is 9. The predicted molar refractivity (Wildman–Crippen MR) is 138 cm³/mol. The molecule has 0 bridgehead atoms. The smallest absolute Gasteiger partial charge is 0.326 e. The highest BCUT2D eigenvalue weighted by molar-refractivity contribution is 7.80. The number of carboxylic acid groups (broad SMARTS) is 2. The summed E-state index contributed by atoms with van der Waals surface area (Å²) in [6, 6.07) is 1.61. The number of nitrogens with one attached hydrogen (secondary N) is 4. The highest BCUT2D eigenvalue weighted by atomic mass is 32.1. The molecule has 0 aliphatic rings. The minimum absolute atomic E-state index is 0.0261. The number of aromatic nitrogens is 1. The number of carbonyl (C=O) groups excluding carboxylic acids is 4. The molecule has 38 heavy (non-hydrogen) atoms. The fourth-order valence-corrected chi connectivity index (χ4v) is 3.73. The van der Waals surface area contributed by atoms with Crippen molar-refractivity contribution in [2.45, 2.75) is 49.9 Å². The van der Waals surface area contributed by atoms with Crippen LogP contribution in [0.15, 0.2) is 30.5 Å². The molecule has 15 heteroatoms. The molecule has 1 aromatic carbocycles. The number of primary amides is 1. The fraction of sp³-hybridized carbons (Fsp3) is 0.391. The molecule has 10 N–H and O–H groups in total. The Balaban J connectivity index is 2.34. The van der Waals surface area contributed by atoms with Crippen LogP contribution in [0.4, 0.5) is 0 Å². The molecule has 0 radical (unpaired) electrons. The molecule has 1 aromatic heterocycles. The van der Waals surface area contributed by atoms with Crippen LogP contribution in [0.2, 0.25) is 0 Å². The topological polar surface area (TPSA) is 247 Å². The van der Waals surface area contributed by atoms with Gasteiger partial charge in [0, 0.05) is 35.7 Å². The molecule has 0 saturated carbocycles. The Labute approximate surface area is 222 Å². The van der Waals surface area contributed by atoms with Crippen LogP contribution >= 0.6 is 12.6 Å². The van der Waals surface area contributed by atoms with Gasteiger partial charge < -0.3 is 42.6 Å². The SMILES string of the molecule is NC(=O)CCC(NC(=O)C(N)CS)C(=O)NC(Cc1c[nH]c2ccccc12)C(=O)NC(CC(=O)O)C(=O)O. The normalized spacial score (nSPS) is 14.1. The van der Waals surface area contributed by atoms with E-state index >= 15 is 0 Å². The number of carbonyl (C=O) groups is 6. The third-order valence-corrected chi connectivity index (χ3v) is 5.96. The van der Waals surface area contributed by atoms with E-state index < -0.39 is 66.2 Å². The van der Waals surface area contributed by atoms with Crippen LogP contribution in [-0.4, -0.2) is 80.7 Å². The molecule has 0 aliphatic carbocycles. The van der Waals surface area contributed by atoms with Gasteiger partial charge in [-0.05, 0) is 18.1 Å². The number of carboxylic acids is 2. The summed E-state index contributed by atoms with van der Waals surface area (Å²) in [5, 5.41) is 26.1. The lowest BCUT2D eigenvalue weighted by Gasteiger charge is -2.25. The molecule has 1 heterocycles. The Morgan fingerprint density at radius 2 is 1.53 bits per heavy atom. The number of benzene rings is 1. The van der Waals surface area contributed by atoms with E-state index in [4.69, 9.17) is 16.6 Å². The van der Waals surface area contributed by atoms with Gasteiger partial charge in [-0.25, -0.2) is 4.79 Å². The van der Waals surface area contributed by atoms with E-state index in [2.05, 4.69) is 33.6 Å². The Bertz CT molecular complexity index is 1200. The zero-order chi connectivity index (χ0) is 28.4. The third-order valence-electron chi connectivity index (χ3n) is 5.57. The first-order valence-electron chi connectivity index (χ1n) is 11.5. The van der Waals surface area contributed by atoms with Gasteiger partial charge in [-0.1, -0.05) is 18.2 Å². The maximum atomic E-state index is 13.2. The van der Waals surface area contributed by atoms with Crippen molar-refractivity contribution in [2.24, 2.45) is 11.5 Å². The van der Waals surface area contributed by atoms with E-state index in [1.165, 1.54) is 0 Å². The van der Waals surface area contributed by atoms with E-state index in [1.807, 2.05) is 0 Å². The van der Waals surface area contributed by atoms with E-state index in [0.29, 0.717) is 5.56 Å². The van der Waals surface area contributed by atoms with Crippen molar-refractivity contribution in [1.82, 2.24) is 20.9 Å². The number of thiol groups is 1. The van der Waals surface area contributed by atoms with Gasteiger partial charge in [-0.2, -0.15) is 12.6 Å². The number of nitrogens with two attached hydrogens (primary N) is 2. The van der Waals surface area contributed by atoms with Gasteiger partial charge in [0.1, 0.15) is 18.1 Å². The van der Waals surface area contributed by atoms with Crippen molar-refractivity contribution in [3.63, 3.8) is 0 Å². The molecular weight excluding hydrogens is 520 g/mol. The van der Waals surface area contributed by atoms with Gasteiger partial charge in [-0.15, -0.1) is 0 Å². The van der Waals surface area contributed by atoms with Gasteiger partial charge in [0.15, 0.2) is 0 Å². The van der Waals surface area contributed by atoms with Crippen LogP contribution in [0.1, 0.15) is 24.8 Å². The maximum absolute atomic E-state index is 13.2. The summed E-state index contributed by atoms with van der Waals surface area (Å²) in [4.78, 5) is 75.5. The number of aromatic amines is 1. The number of fused-ring (bicyclic) bond motifs is 1. The molecule has 4 amide bonds. The zero-order valence-corrected chi connectivity index (χ0v) is 21.1. The lowest BCUT2D eigenvalue weighted by Crippen LogP contribution is -2.58. The van der Waals surface area contributed by atoms with E-state index in [1.54, 1.807) is 30.5 Å². The largest absolute Gasteiger partial charge is 0.481 e. The van der Waals surface area contributed by atoms with E-state index in [-0.39, 0.29) is 25.0 Å². The Hall–Kier alpha value is -4.11. The Morgan fingerprint density at radius 3 is 2.13 bits per heavy atom. The lowest BCUT2D eigenvalue weighted by atomic mass is 10.0. The second-order valence-corrected chi connectivity index (χ2v) is 8.84. The molecule has 0 spiro atoms. The molecule has 4 unspecified atom stereocenters. The van der Waals surface area contributed by atoms with Crippen LogP contribution in [-0.2, 0) is 35.2 Å². The maximum Gasteiger partial charge on any atom is 0.326 e. The van der Waals surface area contributed by atoms with Crippen LogP contribution in [0, 0.1) is 0 Å². The summed E-state index contributed by atoms with van der Waals surface area (Å²) in [7, 11) is 0. The number of rotatable bonds is 15. The van der Waals surface area contributed by atoms with Crippen molar-refractivity contribution < 1.29 is 39.0 Å². The first-order chi connectivity index (χ1) is 17.9. The molecule has 2 rings (SSSR count). The van der Waals surface area contributed by atoms with Crippen molar-refractivity contribution >= 4 is 59.1 Å². The minimum Gasteiger partial charge on any atom is -0.481 e. The summed E-state index contributed by atoms with van der Waals surface area (Å²) < 4.78 is 0. The summed E-state index contributed by atoms with van der Waals surface area (Å²) in [5.74, 6) is -6.35. The number of hydrogen-bond acceptors (Lipinski definition) is 8. The quantitative estimate of drug-likeness (QED) is 0.114. The van der Waals surface area contributed by atoms with Crippen LogP contribution in [0.25, 0.3) is 10.9 Å². The highest BCUT2D eigenvalue weighted by Gasteiger charge is 2.31. The van der Waals surface area contributed by atoms with Crippen molar-refractivity contribution in [2.75, 3.05) is 5.75 Å². The molecule has 206 valence electrons. The van der Waals surface area contributed by atoms with Gasteiger partial charge in [0.2, 0.25) is 23.6 Å². The van der Waals surface area contributed by atoms with Gasteiger partial charge >= 0.3 is 11.9 Å². The molecular formula is C23H30N6O8S. The molecule has 4 atom stereocenters. The van der Waals surface area contributed by atoms with Gasteiger partial charge in [0.25, 0.3) is 0 Å². The molecule has 0 saturated heterocycles. The van der Waals surface area contributed by atoms with Gasteiger partial charge in [0.05, 0.1) is 12.5 Å². The summed E-state index contributed by atoms with van der Waals surface area (Å²) in [6.07, 6.45) is 0.125. The van der Waals surface area contributed by atoms with E-state index in [9.17, 15) is 33.9 Å². The number of amides is 4. The average molecular weight is 551 g/mol. The standard InChI is InChI=1S/C23H30N6O8S/c24-13(10-38)20(33)27-15(5-6-18(25)30)21(34)28-16(22(35)29-17(23(36)37)8-19(31)32)7-11-9-26-14-4-2-1-3-12(11)14/h1-4,9,13,15-17,26,38H,5-8,10,24H2,(H2,25,30)(H,27,33)(H,28,34)(H,29,35)(H,31,32)(H,36,37). The number of H-pyrrole nitrogens is 1. The van der Waals surface area contributed by atoms with Crippen LogP contribution in [0.5, 0.6) is 0 Å². The first-order valence-corrected chi connectivity index (χ1v) is 12.1. The van der Waals surface area contributed by atoms with Gasteiger partial charge in [-0.3, -0.25) is 24.0 Å². The minimum atomic E-state index is -1.76. The lowest BCUT2D eigenvalue weighted by molar-refractivity contribution is -0.147. The second kappa shape index (κ2) is 14.0. The molecule has 0 aliphatic heterocycles. The van der Waals surface area contributed by atoms with E-state index in [0.717, 1.165) is 10.9 Å². The molecule has 0 fully saturated rings. The zero-order valence-electron chi connectivity index (χ0n) is 20.2. The molecule has 14 nitrogen and oxygen atoms in total. The Morgan fingerprint density at radius 1 is 0.921 bits per heavy atom. The number of aliphatic carboxylic acids is 2. The first kappa shape index (κ1) is 30.1. The monoisotopic (exact) mass is 550 g/mol. The van der Waals surface area contributed by atoms with Crippen LogP contribution in [0.3, 0.4) is 0 Å². The molecule has 2 aromatic rings. The van der Waals surface area contributed by atoms with Crippen molar-refractivity contribution in [3.05, 3.63) is 36.0 Å². The Kier molecular flexibility index (Phi) is 11.1. The summed E-state index contributed by atoms with van der Waals surface area (Å²) in [5.41, 5.74) is 12.2. The number of para-hydroxylation sites is 1.